The van der Waals surface area contributed by atoms with Crippen molar-refractivity contribution in [1.29, 1.82) is 5.41 Å². The van der Waals surface area contributed by atoms with E-state index in [0.717, 1.165) is 0 Å². The van der Waals surface area contributed by atoms with E-state index in [1.165, 1.54) is 6.07 Å². The van der Waals surface area contributed by atoms with E-state index < -0.39 is 17.4 Å². The van der Waals surface area contributed by atoms with Crippen LogP contribution in [0.25, 0.3) is 0 Å². The van der Waals surface area contributed by atoms with Crippen LogP contribution in [0.1, 0.15) is 12.5 Å². The zero-order valence-electron chi connectivity index (χ0n) is 8.40. The van der Waals surface area contributed by atoms with Crippen molar-refractivity contribution in [3.63, 3.8) is 0 Å². The van der Waals surface area contributed by atoms with E-state index in [1.54, 1.807) is 19.1 Å². The number of nitrogens with one attached hydrogen (secondary N) is 3. The van der Waals surface area contributed by atoms with Crippen molar-refractivity contribution < 1.29 is 9.18 Å². The van der Waals surface area contributed by atoms with Crippen molar-refractivity contribution in [2.75, 3.05) is 0 Å². The number of amidine groups is 1. The van der Waals surface area contributed by atoms with Crippen LogP contribution >= 0.6 is 15.9 Å². The molecule has 1 unspecified atom stereocenters. The number of hydrogen-bond acceptors (Lipinski definition) is 2. The summed E-state index contributed by atoms with van der Waals surface area (Å²) in [7, 11) is 0. The first-order valence-corrected chi connectivity index (χ1v) is 5.36. The van der Waals surface area contributed by atoms with Gasteiger partial charge in [0.1, 0.15) is 17.2 Å². The van der Waals surface area contributed by atoms with E-state index in [4.69, 9.17) is 5.41 Å². The normalized spacial score (nSPS) is 24.2. The minimum Gasteiger partial charge on any atom is -0.321 e. The van der Waals surface area contributed by atoms with Gasteiger partial charge in [-0.25, -0.2) is 9.18 Å². The second kappa shape index (κ2) is 3.55. The summed E-state index contributed by atoms with van der Waals surface area (Å²) in [6, 6.07) is 3.92. The molecule has 1 heterocycles. The Morgan fingerprint density at radius 3 is 2.75 bits per heavy atom. The lowest BCUT2D eigenvalue weighted by Gasteiger charge is -2.23. The van der Waals surface area contributed by atoms with Gasteiger partial charge in [0.25, 0.3) is 0 Å². The summed E-state index contributed by atoms with van der Waals surface area (Å²) in [6.45, 7) is 1.58. The molecule has 2 amide bonds. The lowest BCUT2D eigenvalue weighted by Crippen LogP contribution is -2.41. The van der Waals surface area contributed by atoms with Crippen molar-refractivity contribution in [3.05, 3.63) is 34.1 Å². The van der Waals surface area contributed by atoms with E-state index in [-0.39, 0.29) is 11.4 Å². The van der Waals surface area contributed by atoms with Gasteiger partial charge in [-0.05, 0) is 25.1 Å². The first kappa shape index (κ1) is 11.1. The standard InChI is InChI=1S/C10H9BrFN3O/c1-10(8(13)14-9(16)15-10)6-4-5(11)2-3-7(6)12/h2-4H,1H3,(H3,13,14,15,16). The fourth-order valence-corrected chi connectivity index (χ4v) is 2.00. The minimum atomic E-state index is -1.13. The maximum atomic E-state index is 13.7. The SMILES string of the molecule is CC1(c2cc(Br)ccc2F)NC(=O)NC1=N. The van der Waals surface area contributed by atoms with Gasteiger partial charge in [0.05, 0.1) is 0 Å². The molecule has 4 nitrogen and oxygen atoms in total. The number of urea groups is 1. The zero-order valence-corrected chi connectivity index (χ0v) is 9.98. The maximum absolute atomic E-state index is 13.7. The van der Waals surface area contributed by atoms with Crippen molar-refractivity contribution in [3.8, 4) is 0 Å². The van der Waals surface area contributed by atoms with Crippen molar-refractivity contribution in [1.82, 2.24) is 10.6 Å². The average molecular weight is 286 g/mol. The molecule has 0 aromatic heterocycles. The van der Waals surface area contributed by atoms with Gasteiger partial charge in [-0.1, -0.05) is 15.9 Å². The third-order valence-corrected chi connectivity index (χ3v) is 3.06. The third-order valence-electron chi connectivity index (χ3n) is 2.57. The van der Waals surface area contributed by atoms with E-state index in [0.29, 0.717) is 4.47 Å². The monoisotopic (exact) mass is 285 g/mol. The Balaban J connectivity index is 2.55. The minimum absolute atomic E-state index is 0.0606. The molecule has 84 valence electrons. The fourth-order valence-electron chi connectivity index (χ4n) is 1.64. The number of amides is 2. The molecular weight excluding hydrogens is 277 g/mol. The highest BCUT2D eigenvalue weighted by atomic mass is 79.9. The number of rotatable bonds is 1. The lowest BCUT2D eigenvalue weighted by molar-refractivity contribution is 0.245. The Kier molecular flexibility index (Phi) is 2.46. The molecule has 0 bridgehead atoms. The number of benzene rings is 1. The van der Waals surface area contributed by atoms with Gasteiger partial charge in [-0.15, -0.1) is 0 Å². The summed E-state index contributed by atoms with van der Waals surface area (Å²) in [5.74, 6) is -0.519. The Labute approximate surface area is 99.9 Å². The van der Waals surface area contributed by atoms with Gasteiger partial charge in [-0.2, -0.15) is 0 Å². The molecule has 0 radical (unpaired) electrons. The summed E-state index contributed by atoms with van der Waals surface area (Å²) in [4.78, 5) is 11.1. The molecule has 3 N–H and O–H groups in total. The van der Waals surface area contributed by atoms with Crippen LogP contribution in [0, 0.1) is 11.2 Å². The molecule has 6 heteroatoms. The summed E-state index contributed by atoms with van der Waals surface area (Å²) in [5, 5.41) is 12.5. The number of carbonyl (C=O) groups excluding carboxylic acids is 1. The highest BCUT2D eigenvalue weighted by Gasteiger charge is 2.42. The topological polar surface area (TPSA) is 65.0 Å². The molecule has 1 aromatic rings. The number of hydrogen-bond donors (Lipinski definition) is 3. The largest absolute Gasteiger partial charge is 0.321 e. The quantitative estimate of drug-likeness (QED) is 0.727. The van der Waals surface area contributed by atoms with Crippen LogP contribution in [-0.2, 0) is 5.54 Å². The third kappa shape index (κ3) is 1.59. The summed E-state index contributed by atoms with van der Waals surface area (Å²) in [5.41, 5.74) is -0.879. The second-order valence-electron chi connectivity index (χ2n) is 3.70. The first-order valence-electron chi connectivity index (χ1n) is 4.57. The van der Waals surface area contributed by atoms with Gasteiger partial charge >= 0.3 is 6.03 Å². The van der Waals surface area contributed by atoms with Crippen molar-refractivity contribution in [2.24, 2.45) is 0 Å². The maximum Gasteiger partial charge on any atom is 0.321 e. The van der Waals surface area contributed by atoms with Crippen molar-refractivity contribution >= 4 is 27.8 Å². The Bertz CT molecular complexity index is 491. The van der Waals surface area contributed by atoms with Crippen LogP contribution in [0.15, 0.2) is 22.7 Å². The van der Waals surface area contributed by atoms with E-state index in [9.17, 15) is 9.18 Å². The molecule has 1 aliphatic heterocycles. The zero-order chi connectivity index (χ0) is 11.9. The molecule has 0 spiro atoms. The molecule has 1 fully saturated rings. The lowest BCUT2D eigenvalue weighted by atomic mass is 9.91. The van der Waals surface area contributed by atoms with Gasteiger partial charge in [0, 0.05) is 10.0 Å². The molecule has 1 saturated heterocycles. The highest BCUT2D eigenvalue weighted by Crippen LogP contribution is 2.29. The molecule has 1 aromatic carbocycles. The van der Waals surface area contributed by atoms with Gasteiger partial charge in [0.15, 0.2) is 0 Å². The Hall–Kier alpha value is -1.43. The summed E-state index contributed by atoms with van der Waals surface area (Å²) >= 11 is 3.23. The smallest absolute Gasteiger partial charge is 0.321 e. The molecule has 16 heavy (non-hydrogen) atoms. The van der Waals surface area contributed by atoms with Gasteiger partial charge in [-0.3, -0.25) is 10.7 Å². The summed E-state index contributed by atoms with van der Waals surface area (Å²) < 4.78 is 14.4. The molecule has 0 saturated carbocycles. The highest BCUT2D eigenvalue weighted by molar-refractivity contribution is 9.10. The summed E-state index contributed by atoms with van der Waals surface area (Å²) in [6.07, 6.45) is 0. The molecule has 0 aliphatic carbocycles. The predicted molar refractivity (Wildman–Crippen MR) is 60.8 cm³/mol. The fraction of sp³-hybridized carbons (Fsp3) is 0.200. The second-order valence-corrected chi connectivity index (χ2v) is 4.62. The van der Waals surface area contributed by atoms with Crippen LogP contribution < -0.4 is 10.6 Å². The molecule has 1 aliphatic rings. The van der Waals surface area contributed by atoms with Crippen LogP contribution in [0.2, 0.25) is 0 Å². The molecule has 1 atom stereocenters. The Morgan fingerprint density at radius 1 is 1.50 bits per heavy atom. The predicted octanol–water partition coefficient (Wildman–Crippen LogP) is 2.09. The van der Waals surface area contributed by atoms with E-state index in [1.807, 2.05) is 0 Å². The van der Waals surface area contributed by atoms with Crippen LogP contribution in [0.4, 0.5) is 9.18 Å². The van der Waals surface area contributed by atoms with Gasteiger partial charge < -0.3 is 5.32 Å². The van der Waals surface area contributed by atoms with Crippen LogP contribution in [0.5, 0.6) is 0 Å². The van der Waals surface area contributed by atoms with Crippen LogP contribution in [-0.4, -0.2) is 11.9 Å². The number of carbonyl (C=O) groups is 1. The van der Waals surface area contributed by atoms with Gasteiger partial charge in [0.2, 0.25) is 0 Å². The van der Waals surface area contributed by atoms with Crippen molar-refractivity contribution in [2.45, 2.75) is 12.5 Å². The number of halogens is 2. The first-order chi connectivity index (χ1) is 7.43. The van der Waals surface area contributed by atoms with Crippen LogP contribution in [0.3, 0.4) is 0 Å². The van der Waals surface area contributed by atoms with E-state index >= 15 is 0 Å². The average Bonchev–Trinajstić information content (AvgIpc) is 2.46. The molecule has 2 rings (SSSR count). The van der Waals surface area contributed by atoms with E-state index in [2.05, 4.69) is 26.6 Å². The Morgan fingerprint density at radius 2 is 2.19 bits per heavy atom. The molecular formula is C10H9BrFN3O.